The van der Waals surface area contributed by atoms with Gasteiger partial charge in [0.15, 0.2) is 0 Å². The zero-order valence-electron chi connectivity index (χ0n) is 15.5. The Morgan fingerprint density at radius 3 is 2.52 bits per heavy atom. The maximum absolute atomic E-state index is 12.5. The van der Waals surface area contributed by atoms with Crippen molar-refractivity contribution in [3.8, 4) is 0 Å². The Labute approximate surface area is 160 Å². The summed E-state index contributed by atoms with van der Waals surface area (Å²) in [7, 11) is 0. The number of para-hydroxylation sites is 1. The van der Waals surface area contributed by atoms with Gasteiger partial charge in [0.25, 0.3) is 5.91 Å². The van der Waals surface area contributed by atoms with Gasteiger partial charge in [0.05, 0.1) is 5.56 Å². The Kier molecular flexibility index (Phi) is 5.19. The fraction of sp³-hybridized carbons (Fsp3) is 0.409. The third-order valence-electron chi connectivity index (χ3n) is 5.49. The molecule has 1 aromatic carbocycles. The zero-order valence-corrected chi connectivity index (χ0v) is 15.5. The van der Waals surface area contributed by atoms with Gasteiger partial charge in [-0.25, -0.2) is 0 Å². The second-order valence-electron chi connectivity index (χ2n) is 7.51. The number of likely N-dealkylation sites (tertiary alicyclic amines) is 1. The Hall–Kier alpha value is -2.69. The number of rotatable bonds is 4. The van der Waals surface area contributed by atoms with E-state index in [0.717, 1.165) is 50.3 Å². The minimum Gasteiger partial charge on any atom is -0.339 e. The van der Waals surface area contributed by atoms with Crippen LogP contribution in [0.15, 0.2) is 48.7 Å². The number of benzene rings is 1. The molecule has 140 valence electrons. The number of pyridine rings is 1. The number of hydrogen-bond acceptors (Lipinski definition) is 3. The number of aromatic nitrogens is 1. The molecule has 3 heterocycles. The number of nitrogens with zero attached hydrogens (tertiary/aromatic N) is 3. The van der Waals surface area contributed by atoms with Crippen LogP contribution in [0.1, 0.15) is 41.7 Å². The predicted octanol–water partition coefficient (Wildman–Crippen LogP) is 3.30. The molecule has 2 fully saturated rings. The Morgan fingerprint density at radius 2 is 1.81 bits per heavy atom. The Morgan fingerprint density at radius 1 is 1.04 bits per heavy atom. The van der Waals surface area contributed by atoms with Gasteiger partial charge in [0.1, 0.15) is 0 Å². The molecule has 2 saturated heterocycles. The molecule has 5 nitrogen and oxygen atoms in total. The van der Waals surface area contributed by atoms with Crippen LogP contribution in [0, 0.1) is 5.92 Å². The van der Waals surface area contributed by atoms with E-state index >= 15 is 0 Å². The first-order valence-electron chi connectivity index (χ1n) is 9.80. The van der Waals surface area contributed by atoms with Gasteiger partial charge in [0.2, 0.25) is 5.91 Å². The molecule has 0 aliphatic carbocycles. The molecule has 1 aromatic heterocycles. The average Bonchev–Trinajstić information content (AvgIpc) is 3.09. The van der Waals surface area contributed by atoms with Gasteiger partial charge in [0, 0.05) is 43.6 Å². The van der Waals surface area contributed by atoms with Crippen LogP contribution in [-0.4, -0.2) is 41.3 Å². The summed E-state index contributed by atoms with van der Waals surface area (Å²) in [5.74, 6) is 0.511. The van der Waals surface area contributed by atoms with Gasteiger partial charge in [-0.1, -0.05) is 18.2 Å². The lowest BCUT2D eigenvalue weighted by molar-refractivity contribution is -0.117. The monoisotopic (exact) mass is 363 g/mol. The minimum atomic E-state index is 0.0834. The molecule has 0 spiro atoms. The van der Waals surface area contributed by atoms with Crippen LogP contribution in [-0.2, 0) is 11.2 Å². The zero-order chi connectivity index (χ0) is 18.6. The normalized spacial score (nSPS) is 20.1. The van der Waals surface area contributed by atoms with E-state index in [1.165, 1.54) is 6.42 Å². The molecule has 0 bridgehead atoms. The topological polar surface area (TPSA) is 53.5 Å². The number of hydrogen-bond donors (Lipinski definition) is 0. The number of anilines is 1. The summed E-state index contributed by atoms with van der Waals surface area (Å²) in [6.07, 6.45) is 6.38. The van der Waals surface area contributed by atoms with E-state index in [1.54, 1.807) is 6.20 Å². The maximum atomic E-state index is 12.5. The fourth-order valence-corrected chi connectivity index (χ4v) is 4.02. The molecule has 0 saturated carbocycles. The standard InChI is InChI=1S/C22H25N3O2/c26-21-14-17(16-25(21)20-7-3-1-4-8-20)13-19-10-9-18(15-23-19)22(27)24-11-5-2-6-12-24/h1,3-4,7-10,15,17H,2,5-6,11-14,16H2. The van der Waals surface area contributed by atoms with Crippen LogP contribution in [0.3, 0.4) is 0 Å². The maximum Gasteiger partial charge on any atom is 0.255 e. The summed E-state index contributed by atoms with van der Waals surface area (Å²) in [5, 5.41) is 0. The van der Waals surface area contributed by atoms with Gasteiger partial charge in [-0.05, 0) is 55.9 Å². The molecule has 5 heteroatoms. The van der Waals surface area contributed by atoms with Crippen molar-refractivity contribution in [3.63, 3.8) is 0 Å². The van der Waals surface area contributed by atoms with Crippen molar-refractivity contribution in [2.45, 2.75) is 32.1 Å². The molecule has 27 heavy (non-hydrogen) atoms. The summed E-state index contributed by atoms with van der Waals surface area (Å²) in [5.41, 5.74) is 2.56. The van der Waals surface area contributed by atoms with Crippen LogP contribution >= 0.6 is 0 Å². The van der Waals surface area contributed by atoms with E-state index in [2.05, 4.69) is 4.98 Å². The van der Waals surface area contributed by atoms with Gasteiger partial charge < -0.3 is 9.80 Å². The number of carbonyl (C=O) groups excluding carboxylic acids is 2. The number of piperidine rings is 1. The SMILES string of the molecule is O=C(c1ccc(CC2CC(=O)N(c3ccccc3)C2)nc1)N1CCCCC1. The molecule has 0 radical (unpaired) electrons. The molecule has 2 aliphatic rings. The highest BCUT2D eigenvalue weighted by atomic mass is 16.2. The molecule has 2 aromatic rings. The van der Waals surface area contributed by atoms with Gasteiger partial charge in [-0.2, -0.15) is 0 Å². The van der Waals surface area contributed by atoms with Crippen molar-refractivity contribution in [2.24, 2.45) is 5.92 Å². The van der Waals surface area contributed by atoms with Crippen molar-refractivity contribution in [3.05, 3.63) is 59.9 Å². The molecule has 4 rings (SSSR count). The summed E-state index contributed by atoms with van der Waals surface area (Å²) in [6.45, 7) is 2.42. The van der Waals surface area contributed by atoms with E-state index in [1.807, 2.05) is 52.3 Å². The van der Waals surface area contributed by atoms with Crippen molar-refractivity contribution in [1.29, 1.82) is 0 Å². The second kappa shape index (κ2) is 7.91. The lowest BCUT2D eigenvalue weighted by Crippen LogP contribution is -2.35. The lowest BCUT2D eigenvalue weighted by atomic mass is 10.0. The summed E-state index contributed by atoms with van der Waals surface area (Å²) >= 11 is 0. The van der Waals surface area contributed by atoms with Gasteiger partial charge >= 0.3 is 0 Å². The van der Waals surface area contributed by atoms with E-state index in [4.69, 9.17) is 0 Å². The predicted molar refractivity (Wildman–Crippen MR) is 105 cm³/mol. The van der Waals surface area contributed by atoms with Crippen molar-refractivity contribution in [1.82, 2.24) is 9.88 Å². The lowest BCUT2D eigenvalue weighted by Gasteiger charge is -2.26. The summed E-state index contributed by atoms with van der Waals surface area (Å²) < 4.78 is 0. The first-order chi connectivity index (χ1) is 13.2. The second-order valence-corrected chi connectivity index (χ2v) is 7.51. The number of amides is 2. The summed E-state index contributed by atoms with van der Waals surface area (Å²) in [6, 6.07) is 13.6. The third-order valence-corrected chi connectivity index (χ3v) is 5.49. The van der Waals surface area contributed by atoms with Crippen molar-refractivity contribution >= 4 is 17.5 Å². The van der Waals surface area contributed by atoms with E-state index in [0.29, 0.717) is 12.0 Å². The van der Waals surface area contributed by atoms with E-state index in [-0.39, 0.29) is 17.7 Å². The molecular weight excluding hydrogens is 338 g/mol. The average molecular weight is 363 g/mol. The fourth-order valence-electron chi connectivity index (χ4n) is 4.02. The molecule has 2 amide bonds. The number of carbonyl (C=O) groups is 2. The Bertz CT molecular complexity index is 798. The summed E-state index contributed by atoms with van der Waals surface area (Å²) in [4.78, 5) is 33.2. The van der Waals surface area contributed by atoms with Crippen LogP contribution in [0.25, 0.3) is 0 Å². The molecule has 0 N–H and O–H groups in total. The highest BCUT2D eigenvalue weighted by Crippen LogP contribution is 2.26. The Balaban J connectivity index is 1.37. The van der Waals surface area contributed by atoms with E-state index < -0.39 is 0 Å². The quantitative estimate of drug-likeness (QED) is 0.837. The molecule has 1 unspecified atom stereocenters. The smallest absolute Gasteiger partial charge is 0.255 e. The van der Waals surface area contributed by atoms with Crippen LogP contribution < -0.4 is 4.90 Å². The molecular formula is C22H25N3O2. The van der Waals surface area contributed by atoms with Gasteiger partial charge in [-0.3, -0.25) is 14.6 Å². The van der Waals surface area contributed by atoms with Crippen LogP contribution in [0.5, 0.6) is 0 Å². The molecule has 2 aliphatic heterocycles. The van der Waals surface area contributed by atoms with Crippen LogP contribution in [0.2, 0.25) is 0 Å². The van der Waals surface area contributed by atoms with E-state index in [9.17, 15) is 9.59 Å². The van der Waals surface area contributed by atoms with Crippen molar-refractivity contribution < 1.29 is 9.59 Å². The first kappa shape index (κ1) is 17.7. The minimum absolute atomic E-state index is 0.0834. The highest BCUT2D eigenvalue weighted by Gasteiger charge is 2.30. The first-order valence-corrected chi connectivity index (χ1v) is 9.80. The molecule has 1 atom stereocenters. The van der Waals surface area contributed by atoms with Crippen LogP contribution in [0.4, 0.5) is 5.69 Å². The largest absolute Gasteiger partial charge is 0.339 e. The van der Waals surface area contributed by atoms with Gasteiger partial charge in [-0.15, -0.1) is 0 Å². The third kappa shape index (κ3) is 4.02. The highest BCUT2D eigenvalue weighted by molar-refractivity contribution is 5.95. The van der Waals surface area contributed by atoms with Crippen molar-refractivity contribution in [2.75, 3.05) is 24.5 Å².